The second kappa shape index (κ2) is 74.3. The van der Waals surface area contributed by atoms with E-state index in [4.69, 9.17) is 9.47 Å². The minimum absolute atomic E-state index is 0.272. The van der Waals surface area contributed by atoms with Crippen molar-refractivity contribution in [2.24, 2.45) is 0 Å². The molecule has 0 heterocycles. The molecule has 532 valence electrons. The summed E-state index contributed by atoms with van der Waals surface area (Å²) in [6, 6.07) is 0. The summed E-state index contributed by atoms with van der Waals surface area (Å²) in [6.07, 6.45) is 77.7. The first-order valence-electron chi connectivity index (χ1n) is 39.8. The van der Waals surface area contributed by atoms with Crippen LogP contribution in [-0.4, -0.2) is 134 Å². The number of unbranched alkanes of at least 4 members (excludes halogenated alkanes) is 47. The van der Waals surface area contributed by atoms with Crippen LogP contribution in [0, 0.1) is 0 Å². The molecule has 2 unspecified atom stereocenters. The highest BCUT2D eigenvalue weighted by atomic mass is 16.5. The van der Waals surface area contributed by atoms with E-state index in [1.165, 1.54) is 289 Å². The molecule has 0 saturated carbocycles. The van der Waals surface area contributed by atoms with E-state index in [9.17, 15) is 19.8 Å². The molecule has 0 rings (SSSR count). The molecule has 0 aliphatic heterocycles. The van der Waals surface area contributed by atoms with Crippen molar-refractivity contribution in [1.29, 1.82) is 0 Å². The molecule has 10 heteroatoms. The average molecular weight is 1270 g/mol. The van der Waals surface area contributed by atoms with Gasteiger partial charge >= 0.3 is 11.9 Å². The standard InChI is InChI=1S/C80H156N4O6/c1-6-11-16-20-24-28-32-36-40-44-48-52-58-71-89-79(87)62-60-64-81-73-77(85)74-83(66-54-50-46-42-38-34-30-26-22-18-13-8-3)68-56-57-69-84(67-55-51-47-43-39-35-31-27-23-19-14-9-4)76-78(86)75-82(65-15-10-5)70-61-63-80(88)90-72-59-53-49-45-41-37-33-29-25-21-17-12-7-2/h10,15,60-63,77-78,81,85-86H,6-9,11-14,16-59,64-76H2,1-5H3/b15-10+,62-60+,63-61+. The van der Waals surface area contributed by atoms with E-state index in [1.54, 1.807) is 6.08 Å². The zero-order valence-corrected chi connectivity index (χ0v) is 60.9. The molecular weight excluding hydrogens is 1110 g/mol. The van der Waals surface area contributed by atoms with Gasteiger partial charge < -0.3 is 34.8 Å². The number of carbonyl (C=O) groups excluding carboxylic acids is 2. The maximum absolute atomic E-state index is 12.7. The van der Waals surface area contributed by atoms with Crippen molar-refractivity contribution in [3.8, 4) is 0 Å². The molecule has 0 radical (unpaired) electrons. The van der Waals surface area contributed by atoms with Gasteiger partial charge in [0, 0.05) is 58.0 Å². The SMILES string of the molecule is C/C=C/CN(C/C=C/C(=O)OCCCCCCCCCCCCCCC)CC(O)CN(CCCCCCCCCCCCCC)CCCCN(CCCCCCCCCCCCCC)CC(O)CNC/C=C/C(=O)OCCCCCCCCCCCCCCC. The summed E-state index contributed by atoms with van der Waals surface area (Å²) in [6.45, 7) is 20.1. The molecule has 3 N–H and O–H groups in total. The summed E-state index contributed by atoms with van der Waals surface area (Å²) in [5.41, 5.74) is 0. The van der Waals surface area contributed by atoms with Crippen LogP contribution in [0.3, 0.4) is 0 Å². The van der Waals surface area contributed by atoms with Gasteiger partial charge in [-0.05, 0) is 71.6 Å². The Labute approximate surface area is 560 Å². The maximum Gasteiger partial charge on any atom is 0.330 e. The lowest BCUT2D eigenvalue weighted by Crippen LogP contribution is -2.41. The van der Waals surface area contributed by atoms with Crippen LogP contribution in [0.1, 0.15) is 369 Å². The summed E-state index contributed by atoms with van der Waals surface area (Å²) < 4.78 is 11.1. The van der Waals surface area contributed by atoms with Gasteiger partial charge in [-0.3, -0.25) is 4.90 Å². The lowest BCUT2D eigenvalue weighted by atomic mass is 10.0. The first kappa shape index (κ1) is 87.9. The van der Waals surface area contributed by atoms with E-state index in [2.05, 4.69) is 59.9 Å². The summed E-state index contributed by atoms with van der Waals surface area (Å²) >= 11 is 0. The fourth-order valence-corrected chi connectivity index (χ4v) is 12.6. The first-order valence-corrected chi connectivity index (χ1v) is 39.8. The predicted octanol–water partition coefficient (Wildman–Crippen LogP) is 21.3. The van der Waals surface area contributed by atoms with Crippen LogP contribution in [0.4, 0.5) is 0 Å². The number of allylic oxidation sites excluding steroid dienone is 1. The number of hydrogen-bond acceptors (Lipinski definition) is 10. The van der Waals surface area contributed by atoms with Crippen LogP contribution in [0.25, 0.3) is 0 Å². The molecule has 10 nitrogen and oxygen atoms in total. The van der Waals surface area contributed by atoms with E-state index < -0.39 is 12.2 Å². The molecule has 0 saturated heterocycles. The Morgan fingerprint density at radius 2 is 0.589 bits per heavy atom. The molecule has 0 aliphatic rings. The molecule has 0 spiro atoms. The van der Waals surface area contributed by atoms with E-state index in [1.807, 2.05) is 19.1 Å². The van der Waals surface area contributed by atoms with E-state index in [0.29, 0.717) is 59.0 Å². The smallest absolute Gasteiger partial charge is 0.330 e. The normalized spacial score (nSPS) is 12.8. The minimum atomic E-state index is -0.511. The quantitative estimate of drug-likeness (QED) is 0.0235. The highest BCUT2D eigenvalue weighted by Gasteiger charge is 2.17. The van der Waals surface area contributed by atoms with Crippen molar-refractivity contribution in [3.63, 3.8) is 0 Å². The third-order valence-corrected chi connectivity index (χ3v) is 18.4. The number of rotatable bonds is 75. The fourth-order valence-electron chi connectivity index (χ4n) is 12.6. The molecule has 90 heavy (non-hydrogen) atoms. The molecule has 0 bridgehead atoms. The second-order valence-corrected chi connectivity index (χ2v) is 27.5. The van der Waals surface area contributed by atoms with Gasteiger partial charge in [0.2, 0.25) is 0 Å². The summed E-state index contributed by atoms with van der Waals surface area (Å²) in [4.78, 5) is 32.3. The lowest BCUT2D eigenvalue weighted by molar-refractivity contribution is -0.138. The number of nitrogens with zero attached hydrogens (tertiary/aromatic N) is 3. The minimum Gasteiger partial charge on any atom is -0.463 e. The Morgan fingerprint density at radius 3 is 0.911 bits per heavy atom. The zero-order valence-electron chi connectivity index (χ0n) is 60.9. The second-order valence-electron chi connectivity index (χ2n) is 27.5. The van der Waals surface area contributed by atoms with Gasteiger partial charge in [-0.25, -0.2) is 9.59 Å². The van der Waals surface area contributed by atoms with Gasteiger partial charge in [0.1, 0.15) is 0 Å². The number of hydrogen-bond donors (Lipinski definition) is 3. The number of carbonyl (C=O) groups is 2. The van der Waals surface area contributed by atoms with Crippen molar-refractivity contribution in [2.45, 2.75) is 381 Å². The number of ether oxygens (including phenoxy) is 2. The van der Waals surface area contributed by atoms with E-state index in [-0.39, 0.29) is 11.9 Å². The molecule has 0 aromatic heterocycles. The number of nitrogens with one attached hydrogen (secondary N) is 1. The van der Waals surface area contributed by atoms with Gasteiger partial charge in [-0.2, -0.15) is 0 Å². The van der Waals surface area contributed by atoms with Crippen molar-refractivity contribution >= 4 is 11.9 Å². The summed E-state index contributed by atoms with van der Waals surface area (Å²) in [5, 5.41) is 26.4. The largest absolute Gasteiger partial charge is 0.463 e. The fraction of sp³-hybridized carbons (Fsp3) is 0.900. The number of aliphatic hydroxyl groups is 2. The Balaban J connectivity index is 5.32. The molecule has 0 aromatic carbocycles. The van der Waals surface area contributed by atoms with Gasteiger partial charge in [-0.15, -0.1) is 0 Å². The van der Waals surface area contributed by atoms with Crippen LogP contribution in [0.5, 0.6) is 0 Å². The van der Waals surface area contributed by atoms with Gasteiger partial charge in [0.05, 0.1) is 25.4 Å². The van der Waals surface area contributed by atoms with Crippen LogP contribution in [-0.2, 0) is 19.1 Å². The Hall–Kier alpha value is -2.08. The van der Waals surface area contributed by atoms with Crippen LogP contribution in [0.15, 0.2) is 36.5 Å². The van der Waals surface area contributed by atoms with Gasteiger partial charge in [0.25, 0.3) is 0 Å². The predicted molar refractivity (Wildman–Crippen MR) is 392 cm³/mol. The highest BCUT2D eigenvalue weighted by Crippen LogP contribution is 2.18. The van der Waals surface area contributed by atoms with Crippen molar-refractivity contribution in [3.05, 3.63) is 36.5 Å². The highest BCUT2D eigenvalue weighted by molar-refractivity contribution is 5.82. The van der Waals surface area contributed by atoms with E-state index in [0.717, 1.165) is 77.5 Å². The van der Waals surface area contributed by atoms with Crippen LogP contribution >= 0.6 is 0 Å². The third-order valence-electron chi connectivity index (χ3n) is 18.4. The molecule has 0 aromatic rings. The molecule has 0 amide bonds. The topological polar surface area (TPSA) is 115 Å². The molecule has 0 aliphatic carbocycles. The van der Waals surface area contributed by atoms with Crippen molar-refractivity contribution in [2.75, 3.05) is 85.2 Å². The summed E-state index contributed by atoms with van der Waals surface area (Å²) in [5.74, 6) is -0.553. The number of aliphatic hydroxyl groups excluding tert-OH is 2. The molecule has 2 atom stereocenters. The Bertz CT molecular complexity index is 1530. The first-order chi connectivity index (χ1) is 44.3. The monoisotopic (exact) mass is 1270 g/mol. The van der Waals surface area contributed by atoms with Crippen LogP contribution in [0.2, 0.25) is 0 Å². The average Bonchev–Trinajstić information content (AvgIpc) is 3.62. The van der Waals surface area contributed by atoms with Gasteiger partial charge in [0.15, 0.2) is 0 Å². The van der Waals surface area contributed by atoms with E-state index >= 15 is 0 Å². The number of esters is 2. The zero-order chi connectivity index (χ0) is 65.4. The van der Waals surface area contributed by atoms with Crippen molar-refractivity contribution in [1.82, 2.24) is 20.0 Å². The van der Waals surface area contributed by atoms with Crippen LogP contribution < -0.4 is 5.32 Å². The Kier molecular flexibility index (Phi) is 72.6. The van der Waals surface area contributed by atoms with Crippen molar-refractivity contribution < 1.29 is 29.3 Å². The van der Waals surface area contributed by atoms with Gasteiger partial charge in [-0.1, -0.05) is 347 Å². The third kappa shape index (κ3) is 68.8. The molecule has 0 fully saturated rings. The maximum atomic E-state index is 12.7. The summed E-state index contributed by atoms with van der Waals surface area (Å²) in [7, 11) is 0. The lowest BCUT2D eigenvalue weighted by Gasteiger charge is -2.29. The Morgan fingerprint density at radius 1 is 0.333 bits per heavy atom. The molecular formula is C80H156N4O6.